The number of nitrogens with zero attached hydrogens (tertiary/aromatic N) is 1. The number of carbonyl (C=O) groups excluding carboxylic acids is 2. The van der Waals surface area contributed by atoms with E-state index in [1.54, 1.807) is 12.0 Å². The Morgan fingerprint density at radius 2 is 1.89 bits per heavy atom. The lowest BCUT2D eigenvalue weighted by atomic mass is 9.88. The first-order chi connectivity index (χ1) is 8.70. The molecular weight excluding hydrogens is 232 g/mol. The van der Waals surface area contributed by atoms with Gasteiger partial charge in [-0.15, -0.1) is 0 Å². The fourth-order valence-electron chi connectivity index (χ4n) is 3.09. The number of hydrogen-bond donors (Lipinski definition) is 1. The molecule has 5 heteroatoms. The van der Waals surface area contributed by atoms with Crippen LogP contribution in [0.1, 0.15) is 44.9 Å². The van der Waals surface area contributed by atoms with Crippen LogP contribution in [0.15, 0.2) is 0 Å². The molecule has 18 heavy (non-hydrogen) atoms. The summed E-state index contributed by atoms with van der Waals surface area (Å²) in [6, 6.07) is -0.224. The molecule has 102 valence electrons. The first kappa shape index (κ1) is 13.3. The molecule has 0 aromatic carbocycles. The van der Waals surface area contributed by atoms with Gasteiger partial charge in [0.1, 0.15) is 5.54 Å². The second kappa shape index (κ2) is 5.69. The van der Waals surface area contributed by atoms with Gasteiger partial charge < -0.3 is 9.64 Å². The topological polar surface area (TPSA) is 58.6 Å². The number of carbonyl (C=O) groups is 2. The average molecular weight is 254 g/mol. The maximum Gasteiger partial charge on any atom is 0.325 e. The molecule has 1 saturated carbocycles. The number of urea groups is 1. The highest BCUT2D eigenvalue weighted by atomic mass is 16.5. The first-order valence-electron chi connectivity index (χ1n) is 6.83. The fourth-order valence-corrected chi connectivity index (χ4v) is 3.09. The van der Waals surface area contributed by atoms with Crippen LogP contribution in [-0.4, -0.2) is 42.6 Å². The van der Waals surface area contributed by atoms with Gasteiger partial charge in [-0.3, -0.25) is 10.1 Å². The zero-order valence-electron chi connectivity index (χ0n) is 11.0. The molecule has 2 rings (SSSR count). The summed E-state index contributed by atoms with van der Waals surface area (Å²) in [4.78, 5) is 25.8. The van der Waals surface area contributed by atoms with Crippen LogP contribution in [0.4, 0.5) is 4.79 Å². The van der Waals surface area contributed by atoms with E-state index >= 15 is 0 Å². The van der Waals surface area contributed by atoms with E-state index in [0.717, 1.165) is 44.9 Å². The van der Waals surface area contributed by atoms with Gasteiger partial charge in [-0.25, -0.2) is 4.79 Å². The van der Waals surface area contributed by atoms with Gasteiger partial charge in [-0.05, 0) is 19.3 Å². The number of imide groups is 1. The standard InChI is InChI=1S/C13H22N2O3/c1-18-10-6-9-15-12(17)14-11(16)13(15)7-4-2-3-5-8-13/h2-10H2,1H3,(H,14,16,17). The van der Waals surface area contributed by atoms with E-state index in [2.05, 4.69) is 5.32 Å². The van der Waals surface area contributed by atoms with Gasteiger partial charge in [-0.2, -0.15) is 0 Å². The number of ether oxygens (including phenoxy) is 1. The third-order valence-electron chi connectivity index (χ3n) is 4.07. The summed E-state index contributed by atoms with van der Waals surface area (Å²) >= 11 is 0. The second-order valence-electron chi connectivity index (χ2n) is 5.20. The van der Waals surface area contributed by atoms with Crippen LogP contribution in [0.5, 0.6) is 0 Å². The maximum absolute atomic E-state index is 12.2. The third kappa shape index (κ3) is 2.36. The van der Waals surface area contributed by atoms with Gasteiger partial charge in [0, 0.05) is 20.3 Å². The summed E-state index contributed by atoms with van der Waals surface area (Å²) in [5, 5.41) is 2.49. The van der Waals surface area contributed by atoms with Crippen molar-refractivity contribution < 1.29 is 14.3 Å². The van der Waals surface area contributed by atoms with Crippen molar-refractivity contribution >= 4 is 11.9 Å². The predicted octanol–water partition coefficient (Wildman–Crippen LogP) is 1.67. The van der Waals surface area contributed by atoms with E-state index < -0.39 is 5.54 Å². The zero-order chi connectivity index (χ0) is 13.0. The molecule has 1 spiro atoms. The van der Waals surface area contributed by atoms with Crippen LogP contribution in [-0.2, 0) is 9.53 Å². The smallest absolute Gasteiger partial charge is 0.325 e. The number of amides is 3. The highest BCUT2D eigenvalue weighted by Gasteiger charge is 2.51. The predicted molar refractivity (Wildman–Crippen MR) is 67.2 cm³/mol. The Labute approximate surface area is 108 Å². The molecule has 5 nitrogen and oxygen atoms in total. The molecule has 0 radical (unpaired) electrons. The number of rotatable bonds is 4. The fraction of sp³-hybridized carbons (Fsp3) is 0.846. The normalized spacial score (nSPS) is 23.3. The molecule has 0 atom stereocenters. The Morgan fingerprint density at radius 3 is 2.50 bits per heavy atom. The Morgan fingerprint density at radius 1 is 1.22 bits per heavy atom. The number of nitrogens with one attached hydrogen (secondary N) is 1. The van der Waals surface area contributed by atoms with Gasteiger partial charge in [0.25, 0.3) is 5.91 Å². The monoisotopic (exact) mass is 254 g/mol. The van der Waals surface area contributed by atoms with Crippen LogP contribution in [0, 0.1) is 0 Å². The first-order valence-corrected chi connectivity index (χ1v) is 6.83. The molecule has 2 fully saturated rings. The van der Waals surface area contributed by atoms with E-state index in [1.807, 2.05) is 0 Å². The van der Waals surface area contributed by atoms with Crippen LogP contribution >= 0.6 is 0 Å². The lowest BCUT2D eigenvalue weighted by Crippen LogP contribution is -2.49. The van der Waals surface area contributed by atoms with Crippen molar-refractivity contribution in [3.63, 3.8) is 0 Å². The summed E-state index contributed by atoms with van der Waals surface area (Å²) in [6.45, 7) is 1.22. The van der Waals surface area contributed by atoms with E-state index in [0.29, 0.717) is 13.2 Å². The molecule has 0 unspecified atom stereocenters. The molecule has 1 heterocycles. The van der Waals surface area contributed by atoms with Crippen LogP contribution < -0.4 is 5.32 Å². The van der Waals surface area contributed by atoms with E-state index in [-0.39, 0.29) is 11.9 Å². The number of methoxy groups -OCH3 is 1. The second-order valence-corrected chi connectivity index (χ2v) is 5.20. The quantitative estimate of drug-likeness (QED) is 0.613. The highest BCUT2D eigenvalue weighted by molar-refractivity contribution is 6.07. The van der Waals surface area contributed by atoms with E-state index in [9.17, 15) is 9.59 Å². The van der Waals surface area contributed by atoms with Crippen LogP contribution in [0.3, 0.4) is 0 Å². The van der Waals surface area contributed by atoms with Crippen LogP contribution in [0.2, 0.25) is 0 Å². The molecule has 1 saturated heterocycles. The summed E-state index contributed by atoms with van der Waals surface area (Å²) in [6.07, 6.45) is 6.77. The van der Waals surface area contributed by atoms with Crippen molar-refractivity contribution in [1.29, 1.82) is 0 Å². The Kier molecular flexibility index (Phi) is 4.22. The highest BCUT2D eigenvalue weighted by Crippen LogP contribution is 2.36. The summed E-state index contributed by atoms with van der Waals surface area (Å²) in [5.74, 6) is -0.0909. The van der Waals surface area contributed by atoms with Gasteiger partial charge in [-0.1, -0.05) is 25.7 Å². The zero-order valence-corrected chi connectivity index (χ0v) is 11.0. The van der Waals surface area contributed by atoms with Gasteiger partial charge >= 0.3 is 6.03 Å². The van der Waals surface area contributed by atoms with Crippen molar-refractivity contribution in [3.8, 4) is 0 Å². The number of hydrogen-bond acceptors (Lipinski definition) is 3. The lowest BCUT2D eigenvalue weighted by Gasteiger charge is -2.34. The molecule has 2 aliphatic rings. The minimum absolute atomic E-state index is 0.0909. The van der Waals surface area contributed by atoms with Crippen molar-refractivity contribution in [3.05, 3.63) is 0 Å². The van der Waals surface area contributed by atoms with Crippen molar-refractivity contribution in [1.82, 2.24) is 10.2 Å². The molecule has 1 aliphatic heterocycles. The largest absolute Gasteiger partial charge is 0.385 e. The van der Waals surface area contributed by atoms with E-state index in [4.69, 9.17) is 4.74 Å². The summed E-state index contributed by atoms with van der Waals surface area (Å²) in [5.41, 5.74) is -0.568. The van der Waals surface area contributed by atoms with Crippen LogP contribution in [0.25, 0.3) is 0 Å². The minimum Gasteiger partial charge on any atom is -0.385 e. The maximum atomic E-state index is 12.2. The Bertz CT molecular complexity index is 322. The Hall–Kier alpha value is -1.10. The molecule has 0 aromatic rings. The van der Waals surface area contributed by atoms with Gasteiger partial charge in [0.2, 0.25) is 0 Å². The van der Waals surface area contributed by atoms with E-state index in [1.165, 1.54) is 0 Å². The molecule has 1 aliphatic carbocycles. The molecule has 1 N–H and O–H groups in total. The van der Waals surface area contributed by atoms with Gasteiger partial charge in [0.05, 0.1) is 0 Å². The lowest BCUT2D eigenvalue weighted by molar-refractivity contribution is -0.127. The van der Waals surface area contributed by atoms with Crippen molar-refractivity contribution in [2.24, 2.45) is 0 Å². The van der Waals surface area contributed by atoms with Crippen molar-refractivity contribution in [2.45, 2.75) is 50.5 Å². The summed E-state index contributed by atoms with van der Waals surface area (Å²) < 4.78 is 5.02. The summed E-state index contributed by atoms with van der Waals surface area (Å²) in [7, 11) is 1.65. The third-order valence-corrected chi connectivity index (χ3v) is 4.07. The molecule has 0 aromatic heterocycles. The Balaban J connectivity index is 2.11. The minimum atomic E-state index is -0.568. The molecular formula is C13H22N2O3. The molecule has 3 amide bonds. The average Bonchev–Trinajstić information content (AvgIpc) is 2.55. The molecule has 0 bridgehead atoms. The SMILES string of the molecule is COCCCN1C(=O)NC(=O)C12CCCCCC2. The van der Waals surface area contributed by atoms with Gasteiger partial charge in [0.15, 0.2) is 0 Å². The van der Waals surface area contributed by atoms with Crippen molar-refractivity contribution in [2.75, 3.05) is 20.3 Å².